The van der Waals surface area contributed by atoms with Gasteiger partial charge in [0, 0.05) is 13.6 Å². The van der Waals surface area contributed by atoms with Crippen LogP contribution in [0.25, 0.3) is 0 Å². The summed E-state index contributed by atoms with van der Waals surface area (Å²) in [6.07, 6.45) is 0. The summed E-state index contributed by atoms with van der Waals surface area (Å²) in [6.45, 7) is 2.06. The maximum atomic E-state index is 13.2. The van der Waals surface area contributed by atoms with Crippen molar-refractivity contribution in [2.75, 3.05) is 17.7 Å². The van der Waals surface area contributed by atoms with E-state index in [1.165, 1.54) is 12.1 Å². The smallest absolute Gasteiger partial charge is 0.180 e. The van der Waals surface area contributed by atoms with E-state index >= 15 is 0 Å². The fourth-order valence-electron chi connectivity index (χ4n) is 2.19. The Balaban J connectivity index is 2.34. The Morgan fingerprint density at radius 1 is 1.10 bits per heavy atom. The monoisotopic (exact) mass is 307 g/mol. The molecular weight excluding hydrogens is 289 g/mol. The van der Waals surface area contributed by atoms with E-state index in [1.54, 1.807) is 44.3 Å². The largest absolute Gasteiger partial charge is 0.369 e. The maximum Gasteiger partial charge on any atom is 0.180 e. The van der Waals surface area contributed by atoms with Crippen LogP contribution in [0.1, 0.15) is 12.5 Å². The first-order valence-electron chi connectivity index (χ1n) is 6.71. The van der Waals surface area contributed by atoms with Gasteiger partial charge in [-0.1, -0.05) is 31.2 Å². The second-order valence-electron chi connectivity index (χ2n) is 4.86. The van der Waals surface area contributed by atoms with Gasteiger partial charge in [0.2, 0.25) is 0 Å². The Hall–Kier alpha value is -1.88. The average molecular weight is 307 g/mol. The molecule has 2 aromatic carbocycles. The molecule has 0 aromatic heterocycles. The molecule has 0 unspecified atom stereocenters. The van der Waals surface area contributed by atoms with E-state index in [0.29, 0.717) is 17.1 Å². The van der Waals surface area contributed by atoms with Crippen LogP contribution in [-0.2, 0) is 16.4 Å². The van der Waals surface area contributed by atoms with E-state index < -0.39 is 9.84 Å². The highest BCUT2D eigenvalue weighted by Gasteiger charge is 2.18. The van der Waals surface area contributed by atoms with Crippen molar-refractivity contribution in [2.24, 2.45) is 0 Å². The third kappa shape index (κ3) is 3.61. The molecule has 0 fully saturated rings. The molecule has 0 atom stereocenters. The Labute approximate surface area is 124 Å². The summed E-state index contributed by atoms with van der Waals surface area (Å²) in [5, 5.41) is 0. The van der Waals surface area contributed by atoms with Gasteiger partial charge in [-0.2, -0.15) is 0 Å². The molecule has 0 spiro atoms. The van der Waals surface area contributed by atoms with Gasteiger partial charge in [0.05, 0.1) is 16.3 Å². The highest BCUT2D eigenvalue weighted by molar-refractivity contribution is 7.91. The van der Waals surface area contributed by atoms with E-state index in [2.05, 4.69) is 0 Å². The zero-order valence-electron chi connectivity index (χ0n) is 12.1. The Morgan fingerprint density at radius 3 is 2.48 bits per heavy atom. The fraction of sp³-hybridized carbons (Fsp3) is 0.250. The number of hydrogen-bond donors (Lipinski definition) is 0. The third-order valence-corrected chi connectivity index (χ3v) is 5.08. The van der Waals surface area contributed by atoms with E-state index in [-0.39, 0.29) is 11.6 Å². The minimum Gasteiger partial charge on any atom is -0.369 e. The molecule has 0 N–H and O–H groups in total. The molecule has 5 heteroatoms. The highest BCUT2D eigenvalue weighted by atomic mass is 32.2. The van der Waals surface area contributed by atoms with Gasteiger partial charge in [0.15, 0.2) is 9.84 Å². The Bertz CT molecular complexity index is 729. The average Bonchev–Trinajstić information content (AvgIpc) is 2.47. The van der Waals surface area contributed by atoms with Gasteiger partial charge >= 0.3 is 0 Å². The van der Waals surface area contributed by atoms with Crippen LogP contribution in [0.3, 0.4) is 0 Å². The summed E-state index contributed by atoms with van der Waals surface area (Å²) in [5.41, 5.74) is 1.42. The molecule has 3 nitrogen and oxygen atoms in total. The van der Waals surface area contributed by atoms with E-state index in [9.17, 15) is 12.8 Å². The molecule has 0 aliphatic heterocycles. The van der Waals surface area contributed by atoms with Crippen molar-refractivity contribution < 1.29 is 12.8 Å². The molecule has 0 aliphatic carbocycles. The van der Waals surface area contributed by atoms with Crippen LogP contribution in [0, 0.1) is 5.82 Å². The fourth-order valence-corrected chi connectivity index (χ4v) is 3.32. The molecule has 2 aromatic rings. The van der Waals surface area contributed by atoms with Crippen LogP contribution >= 0.6 is 0 Å². The lowest BCUT2D eigenvalue weighted by Gasteiger charge is -2.22. The van der Waals surface area contributed by atoms with Crippen molar-refractivity contribution in [2.45, 2.75) is 18.4 Å². The van der Waals surface area contributed by atoms with Crippen molar-refractivity contribution in [3.63, 3.8) is 0 Å². The lowest BCUT2D eigenvalue weighted by Crippen LogP contribution is -2.19. The van der Waals surface area contributed by atoms with Crippen LogP contribution in [-0.4, -0.2) is 21.2 Å². The van der Waals surface area contributed by atoms with Crippen LogP contribution in [0.15, 0.2) is 53.4 Å². The second-order valence-corrected chi connectivity index (χ2v) is 7.10. The lowest BCUT2D eigenvalue weighted by molar-refractivity contribution is 0.597. The molecule has 0 aliphatic rings. The molecule has 0 amide bonds. The summed E-state index contributed by atoms with van der Waals surface area (Å²) < 4.78 is 37.5. The number of anilines is 1. The van der Waals surface area contributed by atoms with E-state index in [1.807, 2.05) is 11.0 Å². The molecule has 112 valence electrons. The highest BCUT2D eigenvalue weighted by Crippen LogP contribution is 2.26. The van der Waals surface area contributed by atoms with Crippen LogP contribution in [0.4, 0.5) is 10.1 Å². The number of para-hydroxylation sites is 1. The zero-order valence-corrected chi connectivity index (χ0v) is 12.9. The van der Waals surface area contributed by atoms with Crippen molar-refractivity contribution in [1.29, 1.82) is 0 Å². The predicted molar refractivity (Wildman–Crippen MR) is 82.7 cm³/mol. The summed E-state index contributed by atoms with van der Waals surface area (Å²) in [4.78, 5) is 2.13. The molecule has 0 bridgehead atoms. The normalized spacial score (nSPS) is 11.4. The first kappa shape index (κ1) is 15.5. The molecule has 21 heavy (non-hydrogen) atoms. The molecular formula is C16H18FNO2S. The first-order chi connectivity index (χ1) is 9.94. The number of rotatable bonds is 5. The summed E-state index contributed by atoms with van der Waals surface area (Å²) in [7, 11) is -1.49. The Morgan fingerprint density at radius 2 is 1.81 bits per heavy atom. The maximum absolute atomic E-state index is 13.2. The van der Waals surface area contributed by atoms with Crippen molar-refractivity contribution in [1.82, 2.24) is 0 Å². The van der Waals surface area contributed by atoms with Gasteiger partial charge in [0.1, 0.15) is 5.82 Å². The minimum atomic E-state index is -3.29. The zero-order chi connectivity index (χ0) is 15.5. The molecule has 0 radical (unpaired) electrons. The van der Waals surface area contributed by atoms with E-state index in [4.69, 9.17) is 0 Å². The number of benzene rings is 2. The van der Waals surface area contributed by atoms with Crippen molar-refractivity contribution >= 4 is 15.5 Å². The first-order valence-corrected chi connectivity index (χ1v) is 8.36. The molecule has 2 rings (SSSR count). The third-order valence-electron chi connectivity index (χ3n) is 3.30. The Kier molecular flexibility index (Phi) is 4.63. The topological polar surface area (TPSA) is 37.4 Å². The van der Waals surface area contributed by atoms with Gasteiger partial charge in [0.25, 0.3) is 0 Å². The summed E-state index contributed by atoms with van der Waals surface area (Å²) in [6, 6.07) is 13.2. The predicted octanol–water partition coefficient (Wildman–Crippen LogP) is 3.26. The van der Waals surface area contributed by atoms with Gasteiger partial charge in [-0.3, -0.25) is 0 Å². The molecule has 0 saturated carbocycles. The van der Waals surface area contributed by atoms with Crippen molar-refractivity contribution in [3.05, 3.63) is 59.9 Å². The number of sulfone groups is 1. The van der Waals surface area contributed by atoms with E-state index in [0.717, 1.165) is 5.56 Å². The molecule has 0 heterocycles. The quantitative estimate of drug-likeness (QED) is 0.851. The number of nitrogens with zero attached hydrogens (tertiary/aromatic N) is 1. The van der Waals surface area contributed by atoms with Gasteiger partial charge in [-0.15, -0.1) is 0 Å². The SMILES string of the molecule is CCS(=O)(=O)c1ccccc1N(C)Cc1cccc(F)c1. The summed E-state index contributed by atoms with van der Waals surface area (Å²) >= 11 is 0. The lowest BCUT2D eigenvalue weighted by atomic mass is 10.2. The van der Waals surface area contributed by atoms with Crippen LogP contribution < -0.4 is 4.90 Å². The standard InChI is InChI=1S/C16H18FNO2S/c1-3-21(19,20)16-10-5-4-9-15(16)18(2)12-13-7-6-8-14(17)11-13/h4-11H,3,12H2,1-2H3. The van der Waals surface area contributed by atoms with Crippen LogP contribution in [0.2, 0.25) is 0 Å². The number of halogens is 1. The number of hydrogen-bond acceptors (Lipinski definition) is 3. The van der Waals surface area contributed by atoms with Gasteiger partial charge in [-0.25, -0.2) is 12.8 Å². The summed E-state index contributed by atoms with van der Waals surface area (Å²) in [5.74, 6) is -0.243. The second kappa shape index (κ2) is 6.26. The van der Waals surface area contributed by atoms with Gasteiger partial charge < -0.3 is 4.90 Å². The van der Waals surface area contributed by atoms with Crippen LogP contribution in [0.5, 0.6) is 0 Å². The molecule has 0 saturated heterocycles. The minimum absolute atomic E-state index is 0.0534. The van der Waals surface area contributed by atoms with Crippen molar-refractivity contribution in [3.8, 4) is 0 Å². The van der Waals surface area contributed by atoms with Gasteiger partial charge in [-0.05, 0) is 29.8 Å².